The molecule has 1 aromatic carbocycles. The summed E-state index contributed by atoms with van der Waals surface area (Å²) < 4.78 is 6.04. The molecule has 260 valence electrons. The first-order valence-corrected chi connectivity index (χ1v) is 31.8. The average molecular weight is 696 g/mol. The predicted octanol–water partition coefficient (Wildman–Crippen LogP) is 13.0. The van der Waals surface area contributed by atoms with E-state index >= 15 is 0 Å². The van der Waals surface area contributed by atoms with Crippen molar-refractivity contribution >= 4 is 38.2 Å². The molecule has 2 nitrogen and oxygen atoms in total. The Balaban J connectivity index is 2.24. The third-order valence-corrected chi connectivity index (χ3v) is 25.9. The molecule has 0 saturated carbocycles. The van der Waals surface area contributed by atoms with Crippen molar-refractivity contribution < 1.29 is 4.74 Å². The molecule has 0 fully saturated rings. The maximum absolute atomic E-state index is 6.04. The zero-order valence-electron chi connectivity index (χ0n) is 31.9. The van der Waals surface area contributed by atoms with Crippen LogP contribution in [0.4, 0.5) is 0 Å². The normalized spacial score (nSPS) is 16.0. The van der Waals surface area contributed by atoms with E-state index in [-0.39, 0.29) is 6.04 Å². The van der Waals surface area contributed by atoms with Gasteiger partial charge in [0.2, 0.25) is 5.90 Å². The maximum Gasteiger partial charge on any atom is 0.216 e. The highest BCUT2D eigenvalue weighted by molar-refractivity contribution is 6.82. The SMILES string of the molecule is C=CC[Si](C)(C)CCC[Si](CCCc1ccc(C2=N[C@@H](C(C)C)CO2)c(C)c1)(CCC[Si](C)(C)CC=C)CCC[Si](C)(C)CC=C. The number of aliphatic imine (C=N–C) groups is 1. The Morgan fingerprint density at radius 3 is 1.59 bits per heavy atom. The maximum atomic E-state index is 6.04. The molecular weight excluding hydrogens is 623 g/mol. The highest BCUT2D eigenvalue weighted by Gasteiger charge is 2.34. The van der Waals surface area contributed by atoms with Gasteiger partial charge in [0.05, 0.1) is 38.3 Å². The lowest BCUT2D eigenvalue weighted by Gasteiger charge is -2.35. The third kappa shape index (κ3) is 14.5. The Labute approximate surface area is 290 Å². The Kier molecular flexibility index (Phi) is 17.0. The molecule has 1 atom stereocenters. The summed E-state index contributed by atoms with van der Waals surface area (Å²) in [6.07, 6.45) is 13.5. The minimum atomic E-state index is -1.43. The van der Waals surface area contributed by atoms with Gasteiger partial charge in [0.25, 0.3) is 0 Å². The van der Waals surface area contributed by atoms with Crippen molar-refractivity contribution in [2.45, 2.75) is 159 Å². The zero-order chi connectivity index (χ0) is 34.4. The number of benzene rings is 1. The molecule has 1 aliphatic heterocycles. The lowest BCUT2D eigenvalue weighted by molar-refractivity contribution is 0.292. The second kappa shape index (κ2) is 19.1. The number of ether oxygens (including phenoxy) is 1. The molecule has 1 aliphatic rings. The molecule has 0 radical (unpaired) electrons. The zero-order valence-corrected chi connectivity index (χ0v) is 35.9. The summed E-state index contributed by atoms with van der Waals surface area (Å²) in [5, 5.41) is 0. The quantitative estimate of drug-likeness (QED) is 0.0779. The molecule has 0 N–H and O–H groups in total. The second-order valence-corrected chi connectivity index (χ2v) is 38.3. The van der Waals surface area contributed by atoms with Gasteiger partial charge < -0.3 is 4.74 Å². The van der Waals surface area contributed by atoms with Crippen LogP contribution in [0.25, 0.3) is 0 Å². The molecule has 2 rings (SSSR count). The van der Waals surface area contributed by atoms with Gasteiger partial charge in [-0.1, -0.05) is 151 Å². The minimum Gasteiger partial charge on any atom is -0.475 e. The van der Waals surface area contributed by atoms with Crippen molar-refractivity contribution in [2.24, 2.45) is 10.9 Å². The van der Waals surface area contributed by atoms with Crippen molar-refractivity contribution in [1.82, 2.24) is 0 Å². The van der Waals surface area contributed by atoms with E-state index in [9.17, 15) is 0 Å². The van der Waals surface area contributed by atoms with Crippen molar-refractivity contribution in [3.8, 4) is 0 Å². The molecule has 0 amide bonds. The number of hydrogen-bond acceptors (Lipinski definition) is 2. The first-order chi connectivity index (χ1) is 21.6. The molecule has 1 aromatic rings. The van der Waals surface area contributed by atoms with Gasteiger partial charge in [-0.05, 0) is 54.6 Å². The van der Waals surface area contributed by atoms with Crippen molar-refractivity contribution in [2.75, 3.05) is 6.61 Å². The van der Waals surface area contributed by atoms with Gasteiger partial charge in [0, 0.05) is 5.56 Å². The summed E-state index contributed by atoms with van der Waals surface area (Å²) in [7, 11) is -5.00. The van der Waals surface area contributed by atoms with Gasteiger partial charge in [-0.2, -0.15) is 0 Å². The van der Waals surface area contributed by atoms with Crippen LogP contribution < -0.4 is 0 Å². The smallest absolute Gasteiger partial charge is 0.216 e. The number of aryl methyl sites for hydroxylation is 2. The molecule has 0 aromatic heterocycles. The van der Waals surface area contributed by atoms with Crippen molar-refractivity contribution in [1.29, 1.82) is 0 Å². The number of hydrogen-bond donors (Lipinski definition) is 0. The predicted molar refractivity (Wildman–Crippen MR) is 221 cm³/mol. The second-order valence-electron chi connectivity index (χ2n) is 17.6. The van der Waals surface area contributed by atoms with E-state index in [0.717, 1.165) is 5.90 Å². The molecule has 6 heteroatoms. The minimum absolute atomic E-state index is 0.284. The molecule has 46 heavy (non-hydrogen) atoms. The molecule has 0 aliphatic carbocycles. The van der Waals surface area contributed by atoms with Crippen LogP contribution in [0.15, 0.2) is 61.2 Å². The lowest BCUT2D eigenvalue weighted by atomic mass is 10.0. The van der Waals surface area contributed by atoms with Crippen LogP contribution in [-0.4, -0.2) is 50.8 Å². The van der Waals surface area contributed by atoms with Gasteiger partial charge in [-0.3, -0.25) is 0 Å². The fourth-order valence-electron chi connectivity index (χ4n) is 7.72. The van der Waals surface area contributed by atoms with Gasteiger partial charge in [-0.25, -0.2) is 4.99 Å². The summed E-state index contributed by atoms with van der Waals surface area (Å²) >= 11 is 0. The van der Waals surface area contributed by atoms with E-state index in [1.165, 1.54) is 91.1 Å². The van der Waals surface area contributed by atoms with E-state index in [1.54, 1.807) is 18.1 Å². The van der Waals surface area contributed by atoms with E-state index in [4.69, 9.17) is 9.73 Å². The van der Waals surface area contributed by atoms with E-state index in [1.807, 2.05) is 0 Å². The molecule has 0 spiro atoms. The Morgan fingerprint density at radius 1 is 0.739 bits per heavy atom. The van der Waals surface area contributed by atoms with Crippen LogP contribution in [0.2, 0.25) is 99.7 Å². The molecular formula is C40H73NOSi4. The van der Waals surface area contributed by atoms with Gasteiger partial charge in [0.1, 0.15) is 6.61 Å². The monoisotopic (exact) mass is 695 g/mol. The lowest BCUT2D eigenvalue weighted by Crippen LogP contribution is -2.37. The topological polar surface area (TPSA) is 21.6 Å². The van der Waals surface area contributed by atoms with Crippen molar-refractivity contribution in [3.63, 3.8) is 0 Å². The van der Waals surface area contributed by atoms with Crippen LogP contribution in [0.5, 0.6) is 0 Å². The van der Waals surface area contributed by atoms with Crippen LogP contribution in [0.3, 0.4) is 0 Å². The number of allylic oxidation sites excluding steroid dienone is 3. The van der Waals surface area contributed by atoms with E-state index in [0.29, 0.717) is 12.5 Å². The fraction of sp³-hybridized carbons (Fsp3) is 0.675. The first kappa shape index (κ1) is 41.0. The number of nitrogens with zero attached hydrogens (tertiary/aromatic N) is 1. The summed E-state index contributed by atoms with van der Waals surface area (Å²) in [6, 6.07) is 21.6. The fourth-order valence-corrected chi connectivity index (χ4v) is 20.3. The standard InChI is InChI=1S/C40H73NOSi4/c1-13-23-43(7,8)26-17-30-46(31-18-27-44(9,10)24-14-2,32-19-28-45(11,12)25-15-3)29-16-20-37-21-22-38(36(6)33-37)40-41-39(34-42-40)35(4)5/h13-15,21-22,33,35,39H,1-3,16-20,23-32,34H2,4-12H3/t39-/m1/s1. The molecule has 0 bridgehead atoms. The Morgan fingerprint density at radius 2 is 1.20 bits per heavy atom. The highest BCUT2D eigenvalue weighted by atomic mass is 28.3. The Bertz CT molecular complexity index is 1070. The van der Waals surface area contributed by atoms with Crippen LogP contribution in [-0.2, 0) is 11.2 Å². The van der Waals surface area contributed by atoms with Crippen LogP contribution in [0, 0.1) is 12.8 Å². The summed E-state index contributed by atoms with van der Waals surface area (Å²) in [6.45, 7) is 35.2. The Hall–Kier alpha value is -1.22. The average Bonchev–Trinajstić information content (AvgIpc) is 3.43. The molecule has 1 heterocycles. The van der Waals surface area contributed by atoms with E-state index < -0.39 is 32.3 Å². The van der Waals surface area contributed by atoms with Crippen LogP contribution >= 0.6 is 0 Å². The van der Waals surface area contributed by atoms with E-state index in [2.05, 4.69) is 116 Å². The highest BCUT2D eigenvalue weighted by Crippen LogP contribution is 2.38. The third-order valence-electron chi connectivity index (χ3n) is 10.9. The first-order valence-electron chi connectivity index (χ1n) is 18.7. The number of rotatable bonds is 24. The van der Waals surface area contributed by atoms with Gasteiger partial charge in [0.15, 0.2) is 0 Å². The van der Waals surface area contributed by atoms with Crippen molar-refractivity contribution in [3.05, 3.63) is 72.9 Å². The van der Waals surface area contributed by atoms with Gasteiger partial charge in [-0.15, -0.1) is 19.7 Å². The molecule has 0 saturated heterocycles. The largest absolute Gasteiger partial charge is 0.475 e. The van der Waals surface area contributed by atoms with Gasteiger partial charge >= 0.3 is 0 Å². The summed E-state index contributed by atoms with van der Waals surface area (Å²) in [4.78, 5) is 4.91. The summed E-state index contributed by atoms with van der Waals surface area (Å²) in [5.41, 5.74) is 3.98. The van der Waals surface area contributed by atoms with Crippen LogP contribution in [0.1, 0.15) is 56.2 Å². The molecule has 0 unspecified atom stereocenters. The summed E-state index contributed by atoms with van der Waals surface area (Å²) in [5.74, 6) is 1.37.